The first-order valence-corrected chi connectivity index (χ1v) is 9.10. The fraction of sp³-hybridized carbons (Fsp3) is 0.227. The highest BCUT2D eigenvalue weighted by Gasteiger charge is 2.31. The monoisotopic (exact) mass is 358 g/mol. The molecule has 3 aromatic rings. The Balaban J connectivity index is 1.55. The van der Waals surface area contributed by atoms with Crippen LogP contribution in [0.1, 0.15) is 34.1 Å². The Morgan fingerprint density at radius 2 is 1.81 bits per heavy atom. The van der Waals surface area contributed by atoms with E-state index in [1.165, 1.54) is 16.7 Å². The van der Waals surface area contributed by atoms with Gasteiger partial charge in [0.15, 0.2) is 0 Å². The maximum atomic E-state index is 13.0. The van der Waals surface area contributed by atoms with Gasteiger partial charge in [-0.1, -0.05) is 24.3 Å². The second-order valence-corrected chi connectivity index (χ2v) is 7.15. The average Bonchev–Trinajstić information content (AvgIpc) is 2.96. The van der Waals surface area contributed by atoms with E-state index in [2.05, 4.69) is 60.3 Å². The molecule has 0 radical (unpaired) electrons. The third-order valence-electron chi connectivity index (χ3n) is 4.79. The van der Waals surface area contributed by atoms with Crippen molar-refractivity contribution < 1.29 is 4.79 Å². The van der Waals surface area contributed by atoms with Crippen LogP contribution in [-0.4, -0.2) is 21.9 Å². The van der Waals surface area contributed by atoms with E-state index in [0.717, 1.165) is 17.8 Å². The number of anilines is 3. The number of benzene rings is 2. The minimum absolute atomic E-state index is 0.113. The molecule has 1 aliphatic rings. The van der Waals surface area contributed by atoms with Crippen molar-refractivity contribution >= 4 is 23.1 Å². The molecular formula is C22H22N4O. The molecule has 2 aromatic carbocycles. The normalized spacial score (nSPS) is 15.5. The highest BCUT2D eigenvalue weighted by atomic mass is 16.2. The van der Waals surface area contributed by atoms with Crippen LogP contribution in [0.3, 0.4) is 0 Å². The van der Waals surface area contributed by atoms with Gasteiger partial charge in [-0.3, -0.25) is 4.79 Å². The molecule has 2 heterocycles. The molecule has 0 saturated heterocycles. The molecule has 1 aliphatic heterocycles. The Hall–Kier alpha value is -3.21. The summed E-state index contributed by atoms with van der Waals surface area (Å²) in [5, 5.41) is 3.25. The standard InChI is InChI=1S/C22H22N4O/c1-14-8-15(2)10-18(9-14)25-21-13-23-19(12-24-21)22(27)26-16(3)11-17-6-4-5-7-20(17)26/h4-10,12-13,16H,11H2,1-3H3,(H,24,25). The summed E-state index contributed by atoms with van der Waals surface area (Å²) in [5.41, 5.74) is 5.83. The molecule has 0 bridgehead atoms. The molecule has 5 nitrogen and oxygen atoms in total. The van der Waals surface area contributed by atoms with Gasteiger partial charge in [0.05, 0.1) is 12.4 Å². The maximum Gasteiger partial charge on any atom is 0.278 e. The van der Waals surface area contributed by atoms with E-state index in [1.54, 1.807) is 12.4 Å². The van der Waals surface area contributed by atoms with Crippen molar-refractivity contribution in [3.8, 4) is 0 Å². The van der Waals surface area contributed by atoms with Gasteiger partial charge < -0.3 is 10.2 Å². The fourth-order valence-electron chi connectivity index (χ4n) is 3.70. The van der Waals surface area contributed by atoms with Crippen LogP contribution in [0.4, 0.5) is 17.2 Å². The summed E-state index contributed by atoms with van der Waals surface area (Å²) in [7, 11) is 0. The molecule has 1 N–H and O–H groups in total. The summed E-state index contributed by atoms with van der Waals surface area (Å²) in [6, 6.07) is 14.4. The van der Waals surface area contributed by atoms with Gasteiger partial charge in [-0.2, -0.15) is 0 Å². The lowest BCUT2D eigenvalue weighted by Crippen LogP contribution is -2.36. The highest BCUT2D eigenvalue weighted by Crippen LogP contribution is 2.32. The minimum Gasteiger partial charge on any atom is -0.339 e. The minimum atomic E-state index is -0.113. The number of hydrogen-bond acceptors (Lipinski definition) is 4. The van der Waals surface area contributed by atoms with Crippen LogP contribution in [0.25, 0.3) is 0 Å². The average molecular weight is 358 g/mol. The van der Waals surface area contributed by atoms with Crippen molar-refractivity contribution in [1.82, 2.24) is 9.97 Å². The molecule has 1 aromatic heterocycles. The number of nitrogens with zero attached hydrogens (tertiary/aromatic N) is 3. The lowest BCUT2D eigenvalue weighted by molar-refractivity contribution is 0.0976. The van der Waals surface area contributed by atoms with Gasteiger partial charge in [-0.25, -0.2) is 9.97 Å². The Morgan fingerprint density at radius 3 is 2.52 bits per heavy atom. The first kappa shape index (κ1) is 17.2. The molecule has 136 valence electrons. The first-order chi connectivity index (χ1) is 13.0. The van der Waals surface area contributed by atoms with Crippen LogP contribution in [-0.2, 0) is 6.42 Å². The zero-order valence-corrected chi connectivity index (χ0v) is 15.7. The first-order valence-electron chi connectivity index (χ1n) is 9.10. The summed E-state index contributed by atoms with van der Waals surface area (Å²) in [6.45, 7) is 6.17. The highest BCUT2D eigenvalue weighted by molar-refractivity contribution is 6.06. The summed E-state index contributed by atoms with van der Waals surface area (Å²) in [4.78, 5) is 23.5. The van der Waals surface area contributed by atoms with Crippen LogP contribution >= 0.6 is 0 Å². The van der Waals surface area contributed by atoms with Crippen molar-refractivity contribution in [1.29, 1.82) is 0 Å². The molecule has 27 heavy (non-hydrogen) atoms. The van der Waals surface area contributed by atoms with Gasteiger partial charge in [0.1, 0.15) is 11.5 Å². The number of aryl methyl sites for hydroxylation is 2. The van der Waals surface area contributed by atoms with Crippen molar-refractivity contribution in [3.05, 3.63) is 77.2 Å². The van der Waals surface area contributed by atoms with Crippen LogP contribution in [0.15, 0.2) is 54.9 Å². The summed E-state index contributed by atoms with van der Waals surface area (Å²) in [6.07, 6.45) is 4.01. The number of carbonyl (C=O) groups excluding carboxylic acids is 1. The fourth-order valence-corrected chi connectivity index (χ4v) is 3.70. The number of nitrogens with one attached hydrogen (secondary N) is 1. The quantitative estimate of drug-likeness (QED) is 0.752. The largest absolute Gasteiger partial charge is 0.339 e. The van der Waals surface area contributed by atoms with Gasteiger partial charge >= 0.3 is 0 Å². The number of fused-ring (bicyclic) bond motifs is 1. The second kappa shape index (κ2) is 6.83. The Kier molecular flexibility index (Phi) is 4.36. The summed E-state index contributed by atoms with van der Waals surface area (Å²) < 4.78 is 0. The number of hydrogen-bond donors (Lipinski definition) is 1. The van der Waals surface area contributed by atoms with E-state index in [9.17, 15) is 4.79 Å². The van der Waals surface area contributed by atoms with Crippen LogP contribution in [0.5, 0.6) is 0 Å². The van der Waals surface area contributed by atoms with E-state index in [4.69, 9.17) is 0 Å². The molecular weight excluding hydrogens is 336 g/mol. The number of carbonyl (C=O) groups is 1. The predicted octanol–water partition coefficient (Wildman–Crippen LogP) is 4.43. The molecule has 1 unspecified atom stereocenters. The van der Waals surface area contributed by atoms with E-state index >= 15 is 0 Å². The van der Waals surface area contributed by atoms with Crippen molar-refractivity contribution in [2.75, 3.05) is 10.2 Å². The SMILES string of the molecule is Cc1cc(C)cc(Nc2cnc(C(=O)N3c4ccccc4CC3C)cn2)c1. The second-order valence-electron chi connectivity index (χ2n) is 7.15. The van der Waals surface area contributed by atoms with Crippen LogP contribution in [0.2, 0.25) is 0 Å². The van der Waals surface area contributed by atoms with Gasteiger partial charge in [0.2, 0.25) is 0 Å². The molecule has 0 spiro atoms. The number of aromatic nitrogens is 2. The van der Waals surface area contributed by atoms with Gasteiger partial charge in [-0.15, -0.1) is 0 Å². The van der Waals surface area contributed by atoms with Crippen LogP contribution < -0.4 is 10.2 Å². The van der Waals surface area contributed by atoms with E-state index in [-0.39, 0.29) is 11.9 Å². The third kappa shape index (κ3) is 3.40. The topological polar surface area (TPSA) is 58.1 Å². The molecule has 1 atom stereocenters. The Bertz CT molecular complexity index is 977. The zero-order chi connectivity index (χ0) is 19.0. The number of para-hydroxylation sites is 1. The predicted molar refractivity (Wildman–Crippen MR) is 108 cm³/mol. The van der Waals surface area contributed by atoms with Crippen LogP contribution in [0, 0.1) is 13.8 Å². The lowest BCUT2D eigenvalue weighted by Gasteiger charge is -2.22. The zero-order valence-electron chi connectivity index (χ0n) is 15.7. The van der Waals surface area contributed by atoms with E-state index < -0.39 is 0 Å². The molecule has 4 rings (SSSR count). The Morgan fingerprint density at radius 1 is 1.07 bits per heavy atom. The molecule has 1 amide bonds. The molecule has 0 aliphatic carbocycles. The number of amides is 1. The van der Waals surface area contributed by atoms with Crippen molar-refractivity contribution in [3.63, 3.8) is 0 Å². The molecule has 0 saturated carbocycles. The van der Waals surface area contributed by atoms with E-state index in [0.29, 0.717) is 11.5 Å². The molecule has 5 heteroatoms. The summed E-state index contributed by atoms with van der Waals surface area (Å²) >= 11 is 0. The Labute approximate surface area is 159 Å². The van der Waals surface area contributed by atoms with Gasteiger partial charge in [0.25, 0.3) is 5.91 Å². The third-order valence-corrected chi connectivity index (χ3v) is 4.79. The summed E-state index contributed by atoms with van der Waals surface area (Å²) in [5.74, 6) is 0.504. The van der Waals surface area contributed by atoms with Gasteiger partial charge in [0, 0.05) is 17.4 Å². The maximum absolute atomic E-state index is 13.0. The van der Waals surface area contributed by atoms with Crippen molar-refractivity contribution in [2.24, 2.45) is 0 Å². The van der Waals surface area contributed by atoms with Gasteiger partial charge in [-0.05, 0) is 62.1 Å². The van der Waals surface area contributed by atoms with Crippen molar-refractivity contribution in [2.45, 2.75) is 33.2 Å². The van der Waals surface area contributed by atoms with E-state index in [1.807, 2.05) is 23.1 Å². The lowest BCUT2D eigenvalue weighted by atomic mass is 10.1. The smallest absolute Gasteiger partial charge is 0.278 e. The number of rotatable bonds is 3. The molecule has 0 fully saturated rings.